The maximum atomic E-state index is 13.1. The molecule has 4 atom stereocenters. The molecule has 1 amide bonds. The fraction of sp³-hybridized carbons (Fsp3) is 0.438. The molecule has 0 aromatic heterocycles. The van der Waals surface area contributed by atoms with Crippen LogP contribution in [-0.4, -0.2) is 54.2 Å². The maximum Gasteiger partial charge on any atom is 0.320 e. The highest BCUT2D eigenvalue weighted by Gasteiger charge is 2.66. The Bertz CT molecular complexity index is 957. The molecule has 0 radical (unpaired) electrons. The highest BCUT2D eigenvalue weighted by atomic mass is 35.5. The Labute approximate surface area is 165 Å². The van der Waals surface area contributed by atoms with E-state index in [1.807, 2.05) is 6.07 Å². The molecule has 3 rings (SSSR count). The number of carbonyl (C=O) groups excluding carboxylic acids is 1. The van der Waals surface area contributed by atoms with E-state index in [0.29, 0.717) is 0 Å². The van der Waals surface area contributed by atoms with Crippen LogP contribution in [0.2, 0.25) is 10.0 Å². The summed E-state index contributed by atoms with van der Waals surface area (Å²) in [4.78, 5) is 24.4. The van der Waals surface area contributed by atoms with Crippen LogP contribution in [0.4, 0.5) is 0 Å². The van der Waals surface area contributed by atoms with Gasteiger partial charge in [-0.1, -0.05) is 29.3 Å². The van der Waals surface area contributed by atoms with E-state index in [0.717, 1.165) is 0 Å². The van der Waals surface area contributed by atoms with E-state index in [-0.39, 0.29) is 34.3 Å². The number of carbonyl (C=O) groups is 2. The van der Waals surface area contributed by atoms with E-state index in [4.69, 9.17) is 28.9 Å². The van der Waals surface area contributed by atoms with Gasteiger partial charge >= 0.3 is 5.97 Å². The molecule has 2 aliphatic rings. The first-order valence-electron chi connectivity index (χ1n) is 7.94. The summed E-state index contributed by atoms with van der Waals surface area (Å²) in [6, 6.07) is 4.22. The molecule has 27 heavy (non-hydrogen) atoms. The molecule has 1 aromatic rings. The van der Waals surface area contributed by atoms with Crippen molar-refractivity contribution in [3.8, 4) is 6.07 Å². The molecular formula is C16H15Cl2N3O5S. The van der Waals surface area contributed by atoms with Gasteiger partial charge in [-0.2, -0.15) is 5.26 Å². The first-order chi connectivity index (χ1) is 12.6. The number of rotatable bonds is 5. The molecule has 3 N–H and O–H groups in total. The van der Waals surface area contributed by atoms with Gasteiger partial charge in [0.05, 0.1) is 21.4 Å². The van der Waals surface area contributed by atoms with Crippen molar-refractivity contribution in [3.63, 3.8) is 0 Å². The van der Waals surface area contributed by atoms with Gasteiger partial charge in [-0.05, 0) is 25.0 Å². The number of primary amides is 1. The van der Waals surface area contributed by atoms with Crippen molar-refractivity contribution >= 4 is 44.9 Å². The maximum absolute atomic E-state index is 13.1. The minimum absolute atomic E-state index is 0.0530. The number of halogens is 2. The molecular weight excluding hydrogens is 417 g/mol. The Morgan fingerprint density at radius 3 is 2.37 bits per heavy atom. The van der Waals surface area contributed by atoms with Gasteiger partial charge in [-0.15, -0.1) is 0 Å². The second-order valence-electron chi connectivity index (χ2n) is 6.67. The number of amides is 1. The Morgan fingerprint density at radius 1 is 1.33 bits per heavy atom. The van der Waals surface area contributed by atoms with E-state index >= 15 is 0 Å². The fourth-order valence-electron chi connectivity index (χ4n) is 3.64. The van der Waals surface area contributed by atoms with Crippen LogP contribution >= 0.6 is 23.2 Å². The van der Waals surface area contributed by atoms with Crippen molar-refractivity contribution in [1.82, 2.24) is 4.90 Å². The van der Waals surface area contributed by atoms with E-state index < -0.39 is 44.5 Å². The van der Waals surface area contributed by atoms with E-state index in [1.54, 1.807) is 0 Å². The van der Waals surface area contributed by atoms with Crippen LogP contribution in [0.5, 0.6) is 0 Å². The number of carboxylic acids is 1. The summed E-state index contributed by atoms with van der Waals surface area (Å²) in [5, 5.41) is 17.6. The van der Waals surface area contributed by atoms with E-state index in [2.05, 4.69) is 0 Å². The lowest BCUT2D eigenvalue weighted by molar-refractivity contribution is -0.142. The summed E-state index contributed by atoms with van der Waals surface area (Å²) in [6.07, 6.45) is -0.141. The number of nitrogens with two attached hydrogens (primary N) is 1. The lowest BCUT2D eigenvalue weighted by Crippen LogP contribution is -2.42. The third kappa shape index (κ3) is 3.06. The highest BCUT2D eigenvalue weighted by molar-refractivity contribution is 7.92. The molecule has 11 heteroatoms. The van der Waals surface area contributed by atoms with Gasteiger partial charge in [-0.25, -0.2) is 8.42 Å². The molecule has 0 spiro atoms. The van der Waals surface area contributed by atoms with Crippen molar-refractivity contribution in [2.75, 3.05) is 6.54 Å². The number of benzene rings is 1. The summed E-state index contributed by atoms with van der Waals surface area (Å²) < 4.78 is 26.1. The summed E-state index contributed by atoms with van der Waals surface area (Å²) in [5.41, 5.74) is 3.79. The number of sulfone groups is 1. The normalized spacial score (nSPS) is 30.6. The zero-order valence-electron chi connectivity index (χ0n) is 13.8. The number of nitrogens with zero attached hydrogens (tertiary/aromatic N) is 2. The lowest BCUT2D eigenvalue weighted by atomic mass is 10.1. The first kappa shape index (κ1) is 19.9. The first-order valence-corrected chi connectivity index (χ1v) is 10.2. The Morgan fingerprint density at radius 2 is 1.93 bits per heavy atom. The topological polar surface area (TPSA) is 142 Å². The van der Waals surface area contributed by atoms with Crippen LogP contribution < -0.4 is 5.73 Å². The van der Waals surface area contributed by atoms with Crippen LogP contribution in [-0.2, 0) is 19.4 Å². The van der Waals surface area contributed by atoms with Gasteiger partial charge < -0.3 is 10.8 Å². The molecule has 8 nitrogen and oxygen atoms in total. The lowest BCUT2D eigenvalue weighted by Gasteiger charge is -2.22. The quantitative estimate of drug-likeness (QED) is 0.709. The average molecular weight is 432 g/mol. The molecule has 144 valence electrons. The van der Waals surface area contributed by atoms with Crippen molar-refractivity contribution < 1.29 is 23.1 Å². The SMILES string of the molecule is N#CC1(C(N)=O)CC1N1C[C@H](S(=O)(=O)c2c(Cl)cccc2Cl)C[C@H]1C(=O)O. The standard InChI is InChI=1S/C16H15Cl2N3O5S/c17-9-2-1-3-10(18)13(9)27(25,26)8-4-11(14(22)23)21(6-8)12-5-16(12,7-19)15(20)24/h1-3,8,11-12H,4-6H2,(H2,20,24)(H,22,23)/t8-,11+,12?,16?/m1/s1. The zero-order valence-corrected chi connectivity index (χ0v) is 16.1. The third-order valence-corrected chi connectivity index (χ3v) is 8.27. The number of hydrogen-bond acceptors (Lipinski definition) is 6. The second-order valence-corrected chi connectivity index (χ2v) is 9.65. The van der Waals surface area contributed by atoms with Crippen LogP contribution in [0.15, 0.2) is 23.1 Å². The predicted octanol–water partition coefficient (Wildman–Crippen LogP) is 1.06. The van der Waals surface area contributed by atoms with Crippen LogP contribution in [0.25, 0.3) is 0 Å². The van der Waals surface area contributed by atoms with Gasteiger partial charge in [0.25, 0.3) is 0 Å². The van der Waals surface area contributed by atoms with Crippen LogP contribution in [0.3, 0.4) is 0 Å². The van der Waals surface area contributed by atoms with Crippen molar-refractivity contribution in [1.29, 1.82) is 5.26 Å². The molecule has 2 unspecified atom stereocenters. The van der Waals surface area contributed by atoms with Crippen LogP contribution in [0, 0.1) is 16.7 Å². The summed E-state index contributed by atoms with van der Waals surface area (Å²) in [7, 11) is -4.04. The van der Waals surface area contributed by atoms with E-state index in [1.165, 1.54) is 23.1 Å². The smallest absolute Gasteiger partial charge is 0.320 e. The summed E-state index contributed by atoms with van der Waals surface area (Å²) in [5.74, 6) is -2.08. The summed E-state index contributed by atoms with van der Waals surface area (Å²) in [6.45, 7) is -0.164. The van der Waals surface area contributed by atoms with Gasteiger partial charge in [0.1, 0.15) is 10.9 Å². The Hall–Kier alpha value is -1.86. The van der Waals surface area contributed by atoms with Crippen LogP contribution in [0.1, 0.15) is 12.8 Å². The summed E-state index contributed by atoms with van der Waals surface area (Å²) >= 11 is 12.0. The Kier molecular flexibility index (Phi) is 4.89. The predicted molar refractivity (Wildman–Crippen MR) is 95.8 cm³/mol. The molecule has 1 heterocycles. The molecule has 1 aromatic carbocycles. The third-order valence-electron chi connectivity index (χ3n) is 5.19. The number of carboxylic acid groups (broad SMARTS) is 1. The van der Waals surface area contributed by atoms with Gasteiger partial charge in [-0.3, -0.25) is 14.5 Å². The molecule has 1 aliphatic heterocycles. The minimum atomic E-state index is -4.04. The molecule has 1 saturated heterocycles. The monoisotopic (exact) mass is 431 g/mol. The molecule has 1 aliphatic carbocycles. The van der Waals surface area contributed by atoms with E-state index in [9.17, 15) is 28.4 Å². The van der Waals surface area contributed by atoms with Gasteiger partial charge in [0.15, 0.2) is 15.3 Å². The Balaban J connectivity index is 1.95. The second kappa shape index (κ2) is 6.63. The van der Waals surface area contributed by atoms with Gasteiger partial charge in [0.2, 0.25) is 5.91 Å². The molecule has 0 bridgehead atoms. The fourth-order valence-corrected chi connectivity index (χ4v) is 6.50. The number of aliphatic carboxylic acids is 1. The molecule has 1 saturated carbocycles. The van der Waals surface area contributed by atoms with Crippen molar-refractivity contribution in [2.24, 2.45) is 11.1 Å². The minimum Gasteiger partial charge on any atom is -0.480 e. The number of hydrogen-bond donors (Lipinski definition) is 2. The van der Waals surface area contributed by atoms with Crippen molar-refractivity contribution in [3.05, 3.63) is 28.2 Å². The van der Waals surface area contributed by atoms with Gasteiger partial charge in [0, 0.05) is 12.6 Å². The largest absolute Gasteiger partial charge is 0.480 e. The number of nitriles is 1. The zero-order chi connectivity index (χ0) is 20.1. The number of likely N-dealkylation sites (tertiary alicyclic amines) is 1. The highest BCUT2D eigenvalue weighted by Crippen LogP contribution is 2.51. The average Bonchev–Trinajstić information content (AvgIpc) is 3.15. The molecule has 2 fully saturated rings. The van der Waals surface area contributed by atoms with Crippen molar-refractivity contribution in [2.45, 2.75) is 35.1 Å².